The van der Waals surface area contributed by atoms with Crippen LogP contribution in [0.1, 0.15) is 31.2 Å². The van der Waals surface area contributed by atoms with E-state index in [0.717, 1.165) is 24.7 Å². The molecular weight excluding hydrogens is 216 g/mol. The first-order chi connectivity index (χ1) is 8.24. The van der Waals surface area contributed by atoms with E-state index in [1.165, 1.54) is 0 Å². The Balaban J connectivity index is 2.43. The van der Waals surface area contributed by atoms with E-state index in [-0.39, 0.29) is 5.92 Å². The molecule has 92 valence electrons. The molecule has 0 heterocycles. The van der Waals surface area contributed by atoms with E-state index >= 15 is 0 Å². The SMILES string of the molecule is O=CCCCCC(Cc1ccccc1)C(=O)O. The molecule has 0 spiro atoms. The van der Waals surface area contributed by atoms with Gasteiger partial charge in [-0.25, -0.2) is 0 Å². The maximum Gasteiger partial charge on any atom is 0.306 e. The minimum Gasteiger partial charge on any atom is -0.481 e. The van der Waals surface area contributed by atoms with Crippen molar-refractivity contribution in [1.29, 1.82) is 0 Å². The zero-order chi connectivity index (χ0) is 12.5. The standard InChI is InChI=1S/C14H18O3/c15-10-6-2-5-9-13(14(16)17)11-12-7-3-1-4-8-12/h1,3-4,7-8,10,13H,2,5-6,9,11H2,(H,16,17). The highest BCUT2D eigenvalue weighted by atomic mass is 16.4. The Kier molecular flexibility index (Phi) is 6.00. The van der Waals surface area contributed by atoms with Gasteiger partial charge in [0.15, 0.2) is 0 Å². The van der Waals surface area contributed by atoms with Gasteiger partial charge in [-0.3, -0.25) is 4.79 Å². The average molecular weight is 234 g/mol. The first-order valence-electron chi connectivity index (χ1n) is 5.94. The van der Waals surface area contributed by atoms with Crippen LogP contribution >= 0.6 is 0 Å². The van der Waals surface area contributed by atoms with E-state index in [9.17, 15) is 9.59 Å². The van der Waals surface area contributed by atoms with Crippen LogP contribution in [0.2, 0.25) is 0 Å². The first kappa shape index (κ1) is 13.4. The number of carboxylic acid groups (broad SMARTS) is 1. The quantitative estimate of drug-likeness (QED) is 0.555. The molecule has 1 unspecified atom stereocenters. The average Bonchev–Trinajstić information content (AvgIpc) is 2.34. The van der Waals surface area contributed by atoms with Gasteiger partial charge in [0.2, 0.25) is 0 Å². The minimum absolute atomic E-state index is 0.343. The van der Waals surface area contributed by atoms with E-state index in [1.54, 1.807) is 0 Å². The van der Waals surface area contributed by atoms with Crippen molar-refractivity contribution < 1.29 is 14.7 Å². The highest BCUT2D eigenvalue weighted by Crippen LogP contribution is 2.16. The van der Waals surface area contributed by atoms with Crippen molar-refractivity contribution in [3.63, 3.8) is 0 Å². The third kappa shape index (κ3) is 5.29. The molecule has 1 aromatic carbocycles. The molecule has 1 N–H and O–H groups in total. The number of aldehydes is 1. The Bertz CT molecular complexity index is 346. The Hall–Kier alpha value is -1.64. The van der Waals surface area contributed by atoms with Gasteiger partial charge in [0.05, 0.1) is 5.92 Å². The van der Waals surface area contributed by atoms with Crippen molar-refractivity contribution in [2.24, 2.45) is 5.92 Å². The zero-order valence-corrected chi connectivity index (χ0v) is 9.84. The number of hydrogen-bond acceptors (Lipinski definition) is 2. The summed E-state index contributed by atoms with van der Waals surface area (Å²) in [5, 5.41) is 9.12. The lowest BCUT2D eigenvalue weighted by molar-refractivity contribution is -0.142. The molecular formula is C14H18O3. The second-order valence-electron chi connectivity index (χ2n) is 4.18. The van der Waals surface area contributed by atoms with Gasteiger partial charge in [-0.05, 0) is 24.8 Å². The van der Waals surface area contributed by atoms with E-state index in [0.29, 0.717) is 19.3 Å². The van der Waals surface area contributed by atoms with Crippen LogP contribution < -0.4 is 0 Å². The second kappa shape index (κ2) is 7.60. The molecule has 3 nitrogen and oxygen atoms in total. The van der Waals surface area contributed by atoms with Crippen molar-refractivity contribution in [2.75, 3.05) is 0 Å². The predicted octanol–water partition coefficient (Wildman–Crippen LogP) is 2.69. The maximum absolute atomic E-state index is 11.1. The zero-order valence-electron chi connectivity index (χ0n) is 9.84. The summed E-state index contributed by atoms with van der Waals surface area (Å²) < 4.78 is 0. The molecule has 0 aliphatic heterocycles. The summed E-state index contributed by atoms with van der Waals surface area (Å²) >= 11 is 0. The third-order valence-corrected chi connectivity index (χ3v) is 2.80. The number of unbranched alkanes of at least 4 members (excludes halogenated alkanes) is 2. The number of carbonyl (C=O) groups excluding carboxylic acids is 1. The van der Waals surface area contributed by atoms with E-state index in [4.69, 9.17) is 5.11 Å². The largest absolute Gasteiger partial charge is 0.481 e. The number of rotatable bonds is 8. The van der Waals surface area contributed by atoms with Crippen LogP contribution in [0.15, 0.2) is 30.3 Å². The van der Waals surface area contributed by atoms with Gasteiger partial charge in [-0.2, -0.15) is 0 Å². The molecule has 0 saturated heterocycles. The molecule has 3 heteroatoms. The van der Waals surface area contributed by atoms with Crippen LogP contribution in [0.5, 0.6) is 0 Å². The topological polar surface area (TPSA) is 54.4 Å². The van der Waals surface area contributed by atoms with Gasteiger partial charge in [-0.1, -0.05) is 36.8 Å². The van der Waals surface area contributed by atoms with Crippen molar-refractivity contribution in [3.05, 3.63) is 35.9 Å². The molecule has 0 amide bonds. The number of benzene rings is 1. The van der Waals surface area contributed by atoms with Gasteiger partial charge in [0.1, 0.15) is 6.29 Å². The van der Waals surface area contributed by atoms with Crippen molar-refractivity contribution in [2.45, 2.75) is 32.1 Å². The number of hydrogen-bond donors (Lipinski definition) is 1. The minimum atomic E-state index is -0.750. The highest BCUT2D eigenvalue weighted by molar-refractivity contribution is 5.70. The van der Waals surface area contributed by atoms with Crippen LogP contribution in [0.3, 0.4) is 0 Å². The molecule has 0 radical (unpaired) electrons. The molecule has 0 aliphatic carbocycles. The lowest BCUT2D eigenvalue weighted by atomic mass is 9.94. The molecule has 1 rings (SSSR count). The maximum atomic E-state index is 11.1. The fraction of sp³-hybridized carbons (Fsp3) is 0.429. The molecule has 0 aliphatic rings. The summed E-state index contributed by atoms with van der Waals surface area (Å²) in [6.07, 6.45) is 4.19. The van der Waals surface area contributed by atoms with Crippen molar-refractivity contribution in [3.8, 4) is 0 Å². The number of carbonyl (C=O) groups is 2. The third-order valence-electron chi connectivity index (χ3n) is 2.80. The summed E-state index contributed by atoms with van der Waals surface area (Å²) in [4.78, 5) is 21.3. The molecule has 0 fully saturated rings. The number of carboxylic acids is 1. The van der Waals surface area contributed by atoms with Gasteiger partial charge >= 0.3 is 5.97 Å². The predicted molar refractivity (Wildman–Crippen MR) is 65.8 cm³/mol. The Morgan fingerprint density at radius 3 is 2.53 bits per heavy atom. The number of aliphatic carboxylic acids is 1. The van der Waals surface area contributed by atoms with Crippen LogP contribution in [0.25, 0.3) is 0 Å². The Labute approximate surface area is 101 Å². The molecule has 1 aromatic rings. The summed E-state index contributed by atoms with van der Waals surface area (Å²) in [5.74, 6) is -1.09. The monoisotopic (exact) mass is 234 g/mol. The van der Waals surface area contributed by atoms with Crippen LogP contribution in [0.4, 0.5) is 0 Å². The summed E-state index contributed by atoms with van der Waals surface area (Å²) in [7, 11) is 0. The first-order valence-corrected chi connectivity index (χ1v) is 5.94. The van der Waals surface area contributed by atoms with E-state index in [1.807, 2.05) is 30.3 Å². The van der Waals surface area contributed by atoms with Crippen molar-refractivity contribution >= 4 is 12.3 Å². The van der Waals surface area contributed by atoms with E-state index < -0.39 is 5.97 Å². The fourth-order valence-corrected chi connectivity index (χ4v) is 1.83. The van der Waals surface area contributed by atoms with Crippen LogP contribution in [-0.4, -0.2) is 17.4 Å². The molecule has 0 bridgehead atoms. The highest BCUT2D eigenvalue weighted by Gasteiger charge is 2.17. The van der Waals surface area contributed by atoms with Gasteiger partial charge in [-0.15, -0.1) is 0 Å². The summed E-state index contributed by atoms with van der Waals surface area (Å²) in [6, 6.07) is 9.65. The Morgan fingerprint density at radius 1 is 1.24 bits per heavy atom. The van der Waals surface area contributed by atoms with Crippen LogP contribution in [-0.2, 0) is 16.0 Å². The summed E-state index contributed by atoms with van der Waals surface area (Å²) in [5.41, 5.74) is 1.05. The van der Waals surface area contributed by atoms with Gasteiger partial charge < -0.3 is 9.90 Å². The summed E-state index contributed by atoms with van der Waals surface area (Å²) in [6.45, 7) is 0. The molecule has 17 heavy (non-hydrogen) atoms. The van der Waals surface area contributed by atoms with E-state index in [2.05, 4.69) is 0 Å². The molecule has 0 saturated carbocycles. The second-order valence-corrected chi connectivity index (χ2v) is 4.18. The molecule has 1 atom stereocenters. The molecule has 0 aromatic heterocycles. The lowest BCUT2D eigenvalue weighted by Gasteiger charge is -2.11. The van der Waals surface area contributed by atoms with Crippen LogP contribution in [0, 0.1) is 5.92 Å². The lowest BCUT2D eigenvalue weighted by Crippen LogP contribution is -2.16. The van der Waals surface area contributed by atoms with Gasteiger partial charge in [0, 0.05) is 6.42 Å². The van der Waals surface area contributed by atoms with Gasteiger partial charge in [0.25, 0.3) is 0 Å². The normalized spacial score (nSPS) is 12.0. The smallest absolute Gasteiger partial charge is 0.306 e. The Morgan fingerprint density at radius 2 is 1.94 bits per heavy atom. The van der Waals surface area contributed by atoms with Crippen molar-refractivity contribution in [1.82, 2.24) is 0 Å². The fourth-order valence-electron chi connectivity index (χ4n) is 1.83.